The number of rotatable bonds is 3. The Morgan fingerprint density at radius 2 is 1.07 bits per heavy atom. The summed E-state index contributed by atoms with van der Waals surface area (Å²) in [4.78, 5) is 0. The van der Waals surface area contributed by atoms with E-state index in [1.54, 1.807) is 16.3 Å². The largest absolute Gasteiger partial charge is 1.00 e. The van der Waals surface area contributed by atoms with Gasteiger partial charge in [-0.2, -0.15) is 0 Å². The molecule has 0 aromatic heterocycles. The standard InChI is InChI=1S/2C9H7.C7H8Si.2ClH.Zr/c2*1-2-5-9-7-3-6-8(9)4-1;1-8-7-5-3-2-4-6-7;;;/h2*1-7H;2-6H,1H3;2*1H;/q;;;;;+2/p-2. The van der Waals surface area contributed by atoms with Gasteiger partial charge in [0.05, 0.1) is 0 Å². The maximum atomic E-state index is 2.60. The fourth-order valence-corrected chi connectivity index (χ4v) is 25.4. The molecule has 0 aliphatic heterocycles. The van der Waals surface area contributed by atoms with Crippen molar-refractivity contribution < 1.29 is 45.2 Å². The van der Waals surface area contributed by atoms with Crippen LogP contribution < -0.4 is 30.0 Å². The van der Waals surface area contributed by atoms with Crippen molar-refractivity contribution in [1.29, 1.82) is 0 Å². The third-order valence-corrected chi connectivity index (χ3v) is 25.9. The van der Waals surface area contributed by atoms with Crippen molar-refractivity contribution in [2.45, 2.75) is 13.8 Å². The van der Waals surface area contributed by atoms with Crippen molar-refractivity contribution in [2.24, 2.45) is 0 Å². The monoisotopic (exact) mass is 510 g/mol. The predicted octanol–water partition coefficient (Wildman–Crippen LogP) is -0.323. The molecule has 0 radical (unpaired) electrons. The van der Waals surface area contributed by atoms with Crippen LogP contribution >= 0.6 is 0 Å². The van der Waals surface area contributed by atoms with E-state index in [0.29, 0.717) is 7.25 Å². The van der Waals surface area contributed by atoms with Crippen LogP contribution in [-0.4, -0.2) is 5.43 Å². The average molecular weight is 513 g/mol. The normalized spacial score (nSPS) is 17.4. The summed E-state index contributed by atoms with van der Waals surface area (Å²) in [5.41, 5.74) is 5.50. The van der Waals surface area contributed by atoms with Crippen molar-refractivity contribution in [3.63, 3.8) is 0 Å². The molecule has 0 amide bonds. The van der Waals surface area contributed by atoms with Gasteiger partial charge >= 0.3 is 170 Å². The molecule has 4 heteroatoms. The van der Waals surface area contributed by atoms with Gasteiger partial charge in [0.25, 0.3) is 0 Å². The SMILES string of the molecule is C[Si](c1ccccc1)=[Zr+2]([CH]1C=Cc2ccccc21)[CH]1C=Cc2ccccc21.[Cl-].[Cl-]. The Bertz CT molecular complexity index is 1040. The Labute approximate surface area is 193 Å². The second-order valence-corrected chi connectivity index (χ2v) is 23.4. The summed E-state index contributed by atoms with van der Waals surface area (Å²) in [6.45, 7) is 2.60. The van der Waals surface area contributed by atoms with Crippen molar-refractivity contribution in [3.8, 4) is 0 Å². The Balaban J connectivity index is 0.00000120. The molecule has 0 spiro atoms. The maximum absolute atomic E-state index is 2.60. The molecular formula is C25H22Cl2SiZr. The summed E-state index contributed by atoms with van der Waals surface area (Å²) in [5.74, 6) is 0. The Morgan fingerprint density at radius 3 is 1.59 bits per heavy atom. The molecule has 144 valence electrons. The number of hydrogen-bond acceptors (Lipinski definition) is 0. The topological polar surface area (TPSA) is 0 Å². The zero-order valence-electron chi connectivity index (χ0n) is 16.2. The van der Waals surface area contributed by atoms with E-state index in [2.05, 4.69) is 110 Å². The number of allylic oxidation sites excluding steroid dienone is 2. The van der Waals surface area contributed by atoms with Gasteiger partial charge in [-0.1, -0.05) is 0 Å². The summed E-state index contributed by atoms with van der Waals surface area (Å²) in [6, 6.07) is 29.5. The first-order chi connectivity index (χ1) is 13.3. The van der Waals surface area contributed by atoms with E-state index in [9.17, 15) is 0 Å². The van der Waals surface area contributed by atoms with Crippen molar-refractivity contribution in [3.05, 3.63) is 113 Å². The van der Waals surface area contributed by atoms with Gasteiger partial charge in [-0.15, -0.1) is 0 Å². The second-order valence-electron chi connectivity index (χ2n) is 7.38. The second kappa shape index (κ2) is 9.75. The summed E-state index contributed by atoms with van der Waals surface area (Å²) in [6.07, 6.45) is 9.85. The van der Waals surface area contributed by atoms with E-state index in [1.165, 1.54) is 11.1 Å². The average Bonchev–Trinajstić information content (AvgIpc) is 3.34. The molecule has 3 aromatic carbocycles. The first-order valence-electron chi connectivity index (χ1n) is 9.63. The molecule has 0 heterocycles. The van der Waals surface area contributed by atoms with E-state index >= 15 is 0 Å². The Morgan fingerprint density at radius 1 is 0.621 bits per heavy atom. The molecule has 0 saturated heterocycles. The third kappa shape index (κ3) is 4.19. The van der Waals surface area contributed by atoms with Crippen LogP contribution in [0.1, 0.15) is 29.5 Å². The van der Waals surface area contributed by atoms with Crippen LogP contribution in [0, 0.1) is 0 Å². The summed E-state index contributed by atoms with van der Waals surface area (Å²) in [7, 11) is 0. The minimum Gasteiger partial charge on any atom is -1.00 e. The molecule has 2 unspecified atom stereocenters. The molecule has 0 nitrogen and oxygen atoms in total. The molecule has 5 rings (SSSR count). The van der Waals surface area contributed by atoms with Crippen LogP contribution in [0.4, 0.5) is 0 Å². The molecule has 2 aliphatic rings. The van der Waals surface area contributed by atoms with Gasteiger partial charge in [-0.25, -0.2) is 0 Å². The van der Waals surface area contributed by atoms with Crippen molar-refractivity contribution in [1.82, 2.24) is 0 Å². The number of hydrogen-bond donors (Lipinski definition) is 0. The number of benzene rings is 3. The van der Waals surface area contributed by atoms with E-state index in [0.717, 1.165) is 0 Å². The van der Waals surface area contributed by atoms with E-state index < -0.39 is 25.8 Å². The predicted molar refractivity (Wildman–Crippen MR) is 114 cm³/mol. The van der Waals surface area contributed by atoms with Crippen LogP contribution in [0.2, 0.25) is 6.55 Å². The maximum Gasteiger partial charge on any atom is -1.00 e. The molecule has 0 bridgehead atoms. The molecule has 2 aliphatic carbocycles. The van der Waals surface area contributed by atoms with Crippen LogP contribution in [0.5, 0.6) is 0 Å². The molecule has 29 heavy (non-hydrogen) atoms. The molecule has 0 fully saturated rings. The van der Waals surface area contributed by atoms with Gasteiger partial charge in [0.15, 0.2) is 0 Å². The third-order valence-electron chi connectivity index (χ3n) is 5.91. The minimum absolute atomic E-state index is 0. The van der Waals surface area contributed by atoms with E-state index in [4.69, 9.17) is 0 Å². The summed E-state index contributed by atoms with van der Waals surface area (Å²) in [5, 5.41) is 1.62. The van der Waals surface area contributed by atoms with E-state index in [-0.39, 0.29) is 24.8 Å². The van der Waals surface area contributed by atoms with Gasteiger partial charge in [0.2, 0.25) is 0 Å². The molecular weight excluding hydrogens is 490 g/mol. The fraction of sp³-hybridized carbons (Fsp3) is 0.120. The van der Waals surface area contributed by atoms with Crippen LogP contribution in [0.25, 0.3) is 12.2 Å². The van der Waals surface area contributed by atoms with Gasteiger partial charge in [-0.05, 0) is 0 Å². The first kappa shape index (κ1) is 22.5. The van der Waals surface area contributed by atoms with Crippen LogP contribution in [0.3, 0.4) is 0 Å². The Kier molecular flexibility index (Phi) is 7.57. The van der Waals surface area contributed by atoms with Gasteiger partial charge < -0.3 is 24.8 Å². The van der Waals surface area contributed by atoms with E-state index in [1.807, 2.05) is 0 Å². The summed E-state index contributed by atoms with van der Waals surface area (Å²) >= 11 is -1.95. The van der Waals surface area contributed by atoms with Gasteiger partial charge in [0, 0.05) is 0 Å². The quantitative estimate of drug-likeness (QED) is 0.422. The van der Waals surface area contributed by atoms with Crippen LogP contribution in [0.15, 0.2) is 91.0 Å². The zero-order valence-corrected chi connectivity index (χ0v) is 21.2. The zero-order chi connectivity index (χ0) is 18.2. The fourth-order valence-electron chi connectivity index (χ4n) is 4.56. The van der Waals surface area contributed by atoms with Gasteiger partial charge in [-0.3, -0.25) is 0 Å². The first-order valence-corrected chi connectivity index (χ1v) is 18.2. The Hall–Kier alpha value is -1.18. The van der Waals surface area contributed by atoms with Crippen molar-refractivity contribution in [2.75, 3.05) is 0 Å². The smallest absolute Gasteiger partial charge is 1.00 e. The molecule has 0 saturated carbocycles. The molecule has 3 aromatic rings. The molecule has 0 N–H and O–H groups in total. The summed E-state index contributed by atoms with van der Waals surface area (Å²) < 4.78 is 1.37. The number of fused-ring (bicyclic) bond motifs is 2. The molecule has 2 atom stereocenters. The van der Waals surface area contributed by atoms with Crippen molar-refractivity contribution >= 4 is 22.8 Å². The van der Waals surface area contributed by atoms with Gasteiger partial charge in [0.1, 0.15) is 0 Å². The van der Waals surface area contributed by atoms with Crippen LogP contribution in [-0.2, 0) is 20.4 Å². The minimum atomic E-state index is -1.95. The number of halogens is 2.